The van der Waals surface area contributed by atoms with Gasteiger partial charge in [0.15, 0.2) is 5.96 Å². The lowest BCUT2D eigenvalue weighted by atomic mass is 10.3. The molecule has 6 heteroatoms. The highest BCUT2D eigenvalue weighted by atomic mass is 127. The molecule has 0 amide bonds. The van der Waals surface area contributed by atoms with Gasteiger partial charge in [-0.25, -0.2) is 0 Å². The van der Waals surface area contributed by atoms with Crippen molar-refractivity contribution >= 4 is 41.5 Å². The fourth-order valence-electron chi connectivity index (χ4n) is 1.47. The average molecular weight is 412 g/mol. The lowest BCUT2D eigenvalue weighted by Gasteiger charge is -2.12. The molecule has 1 aromatic carbocycles. The summed E-state index contributed by atoms with van der Waals surface area (Å²) in [5.74, 6) is 1.63. The van der Waals surface area contributed by atoms with E-state index in [0.29, 0.717) is 18.2 Å². The Balaban J connectivity index is 0.00000361. The van der Waals surface area contributed by atoms with Crippen LogP contribution in [0.1, 0.15) is 19.8 Å². The van der Waals surface area contributed by atoms with E-state index in [9.17, 15) is 0 Å². The first-order valence-electron chi connectivity index (χ1n) is 6.59. The topological polar surface area (TPSA) is 45.7 Å². The lowest BCUT2D eigenvalue weighted by molar-refractivity contribution is 0.322. The number of hydrogen-bond acceptors (Lipinski definition) is 2. The van der Waals surface area contributed by atoms with E-state index in [0.717, 1.165) is 24.7 Å². The van der Waals surface area contributed by atoms with Crippen LogP contribution in [0.25, 0.3) is 0 Å². The zero-order valence-electron chi connectivity index (χ0n) is 12.0. The zero-order valence-corrected chi connectivity index (χ0v) is 15.1. The minimum Gasteiger partial charge on any atom is -0.492 e. The average Bonchev–Trinajstić information content (AvgIpc) is 2.43. The van der Waals surface area contributed by atoms with E-state index >= 15 is 0 Å². The van der Waals surface area contributed by atoms with Crippen LogP contribution in [-0.4, -0.2) is 32.7 Å². The minimum atomic E-state index is 0. The summed E-state index contributed by atoms with van der Waals surface area (Å²) in [4.78, 5) is 4.14. The van der Waals surface area contributed by atoms with E-state index in [2.05, 4.69) is 22.5 Å². The van der Waals surface area contributed by atoms with E-state index < -0.39 is 0 Å². The normalized spacial score (nSPS) is 10.7. The van der Waals surface area contributed by atoms with Crippen LogP contribution >= 0.6 is 35.6 Å². The van der Waals surface area contributed by atoms with Gasteiger partial charge in [-0.1, -0.05) is 24.9 Å². The van der Waals surface area contributed by atoms with Crippen molar-refractivity contribution < 1.29 is 4.74 Å². The second kappa shape index (κ2) is 12.1. The predicted molar refractivity (Wildman–Crippen MR) is 96.6 cm³/mol. The molecule has 0 fully saturated rings. The Morgan fingerprint density at radius 3 is 2.45 bits per heavy atom. The first-order valence-corrected chi connectivity index (χ1v) is 6.97. The van der Waals surface area contributed by atoms with Gasteiger partial charge < -0.3 is 15.4 Å². The Bertz CT molecular complexity index is 385. The molecule has 4 nitrogen and oxygen atoms in total. The molecular weight excluding hydrogens is 389 g/mol. The van der Waals surface area contributed by atoms with E-state index in [1.807, 2.05) is 24.3 Å². The maximum Gasteiger partial charge on any atom is 0.191 e. The van der Waals surface area contributed by atoms with Crippen molar-refractivity contribution in [3.05, 3.63) is 29.3 Å². The Morgan fingerprint density at radius 1 is 1.20 bits per heavy atom. The van der Waals surface area contributed by atoms with Gasteiger partial charge in [0.1, 0.15) is 12.4 Å². The van der Waals surface area contributed by atoms with Crippen LogP contribution in [0, 0.1) is 0 Å². The van der Waals surface area contributed by atoms with Crippen LogP contribution in [0.3, 0.4) is 0 Å². The number of halogens is 2. The van der Waals surface area contributed by atoms with Crippen LogP contribution in [0.2, 0.25) is 5.02 Å². The summed E-state index contributed by atoms with van der Waals surface area (Å²) < 4.78 is 5.58. The molecular formula is C14H23ClIN3O. The van der Waals surface area contributed by atoms with Crippen LogP contribution in [0.15, 0.2) is 29.3 Å². The standard InChI is InChI=1S/C14H22ClN3O.HI/c1-3-4-9-17-14(16-2)18-10-11-19-13-7-5-12(15)6-8-13;/h5-8H,3-4,9-11H2,1-2H3,(H2,16,17,18);1H. The van der Waals surface area contributed by atoms with Crippen molar-refractivity contribution in [3.63, 3.8) is 0 Å². The summed E-state index contributed by atoms with van der Waals surface area (Å²) in [5.41, 5.74) is 0. The number of unbranched alkanes of at least 4 members (excludes halogenated alkanes) is 1. The molecule has 0 aliphatic carbocycles. The van der Waals surface area contributed by atoms with Crippen LogP contribution in [-0.2, 0) is 0 Å². The lowest BCUT2D eigenvalue weighted by Crippen LogP contribution is -2.39. The summed E-state index contributed by atoms with van der Waals surface area (Å²) in [5, 5.41) is 7.15. The molecule has 0 aliphatic rings. The number of nitrogens with zero attached hydrogens (tertiary/aromatic N) is 1. The molecule has 1 rings (SSSR count). The summed E-state index contributed by atoms with van der Waals surface area (Å²) in [6, 6.07) is 7.35. The van der Waals surface area contributed by atoms with E-state index in [1.54, 1.807) is 7.05 Å². The zero-order chi connectivity index (χ0) is 13.9. The van der Waals surface area contributed by atoms with Gasteiger partial charge in [0.05, 0.1) is 6.54 Å². The van der Waals surface area contributed by atoms with Crippen LogP contribution in [0.5, 0.6) is 5.75 Å². The first kappa shape index (κ1) is 19.3. The fraction of sp³-hybridized carbons (Fsp3) is 0.500. The maximum absolute atomic E-state index is 5.80. The molecule has 0 spiro atoms. The molecule has 0 unspecified atom stereocenters. The van der Waals surface area contributed by atoms with E-state index in [4.69, 9.17) is 16.3 Å². The van der Waals surface area contributed by atoms with Gasteiger partial charge in [0.2, 0.25) is 0 Å². The Morgan fingerprint density at radius 2 is 1.85 bits per heavy atom. The summed E-state index contributed by atoms with van der Waals surface area (Å²) in [7, 11) is 1.77. The summed E-state index contributed by atoms with van der Waals surface area (Å²) in [6.07, 6.45) is 2.31. The van der Waals surface area contributed by atoms with Gasteiger partial charge in [0, 0.05) is 18.6 Å². The SMILES string of the molecule is CCCCNC(=NC)NCCOc1ccc(Cl)cc1.I. The molecule has 0 atom stereocenters. The quantitative estimate of drug-likeness (QED) is 0.313. The van der Waals surface area contributed by atoms with Gasteiger partial charge in [-0.05, 0) is 30.7 Å². The van der Waals surface area contributed by atoms with Crippen LogP contribution in [0.4, 0.5) is 0 Å². The Labute approximate surface area is 143 Å². The number of benzene rings is 1. The van der Waals surface area contributed by atoms with Gasteiger partial charge in [-0.15, -0.1) is 24.0 Å². The molecule has 20 heavy (non-hydrogen) atoms. The molecule has 0 saturated heterocycles. The second-order valence-corrected chi connectivity index (χ2v) is 4.52. The molecule has 0 radical (unpaired) electrons. The van der Waals surface area contributed by atoms with Gasteiger partial charge in [-0.2, -0.15) is 0 Å². The highest BCUT2D eigenvalue weighted by Crippen LogP contribution is 2.14. The van der Waals surface area contributed by atoms with Gasteiger partial charge >= 0.3 is 0 Å². The molecule has 0 heterocycles. The highest BCUT2D eigenvalue weighted by molar-refractivity contribution is 14.0. The van der Waals surface area contributed by atoms with Crippen molar-refractivity contribution in [2.45, 2.75) is 19.8 Å². The number of guanidine groups is 1. The number of nitrogens with one attached hydrogen (secondary N) is 2. The third-order valence-electron chi connectivity index (χ3n) is 2.52. The Hall–Kier alpha value is -0.690. The third kappa shape index (κ3) is 8.47. The minimum absolute atomic E-state index is 0. The molecule has 0 saturated carbocycles. The van der Waals surface area contributed by atoms with E-state index in [1.165, 1.54) is 6.42 Å². The molecule has 0 bridgehead atoms. The monoisotopic (exact) mass is 411 g/mol. The molecule has 114 valence electrons. The van der Waals surface area contributed by atoms with Crippen molar-refractivity contribution in [1.82, 2.24) is 10.6 Å². The number of rotatable bonds is 7. The van der Waals surface area contributed by atoms with Crippen molar-refractivity contribution in [1.29, 1.82) is 0 Å². The summed E-state index contributed by atoms with van der Waals surface area (Å²) in [6.45, 7) is 4.39. The fourth-order valence-corrected chi connectivity index (χ4v) is 1.60. The van der Waals surface area contributed by atoms with Crippen molar-refractivity contribution in [3.8, 4) is 5.75 Å². The largest absolute Gasteiger partial charge is 0.492 e. The Kier molecular flexibility index (Phi) is 11.7. The van der Waals surface area contributed by atoms with Gasteiger partial charge in [0.25, 0.3) is 0 Å². The molecule has 0 aliphatic heterocycles. The summed E-state index contributed by atoms with van der Waals surface area (Å²) >= 11 is 5.80. The maximum atomic E-state index is 5.80. The third-order valence-corrected chi connectivity index (χ3v) is 2.78. The van der Waals surface area contributed by atoms with Crippen molar-refractivity contribution in [2.24, 2.45) is 4.99 Å². The molecule has 2 N–H and O–H groups in total. The molecule has 0 aromatic heterocycles. The number of aliphatic imine (C=N–C) groups is 1. The second-order valence-electron chi connectivity index (χ2n) is 4.08. The van der Waals surface area contributed by atoms with E-state index in [-0.39, 0.29) is 24.0 Å². The number of hydrogen-bond donors (Lipinski definition) is 2. The van der Waals surface area contributed by atoms with Crippen molar-refractivity contribution in [2.75, 3.05) is 26.7 Å². The highest BCUT2D eigenvalue weighted by Gasteiger charge is 1.97. The first-order chi connectivity index (χ1) is 9.26. The molecule has 1 aromatic rings. The van der Waals surface area contributed by atoms with Crippen LogP contribution < -0.4 is 15.4 Å². The predicted octanol–water partition coefficient (Wildman–Crippen LogP) is 3.30. The smallest absolute Gasteiger partial charge is 0.191 e. The van der Waals surface area contributed by atoms with Gasteiger partial charge in [-0.3, -0.25) is 4.99 Å². The number of ether oxygens (including phenoxy) is 1.